The monoisotopic (exact) mass is 521 g/mol. The molecule has 28 heavy (non-hydrogen) atoms. The highest BCUT2D eigenvalue weighted by molar-refractivity contribution is 14.0. The molecule has 1 saturated heterocycles. The quantitative estimate of drug-likeness (QED) is 0.201. The number of piperazine rings is 1. The van der Waals surface area contributed by atoms with Crippen LogP contribution in [0.15, 0.2) is 23.5 Å². The lowest BCUT2D eigenvalue weighted by Gasteiger charge is -2.34. The number of aromatic nitrogens is 2. The van der Waals surface area contributed by atoms with Gasteiger partial charge in [-0.25, -0.2) is 9.97 Å². The van der Waals surface area contributed by atoms with Crippen molar-refractivity contribution in [1.29, 1.82) is 0 Å². The summed E-state index contributed by atoms with van der Waals surface area (Å²) < 4.78 is 0. The summed E-state index contributed by atoms with van der Waals surface area (Å²) in [5.41, 5.74) is 0. The van der Waals surface area contributed by atoms with Crippen LogP contribution in [-0.4, -0.2) is 85.2 Å². The molecular formula is C19H36IN7S. The van der Waals surface area contributed by atoms with Gasteiger partial charge in [-0.15, -0.1) is 24.0 Å². The van der Waals surface area contributed by atoms with Crippen LogP contribution in [0.3, 0.4) is 0 Å². The highest BCUT2D eigenvalue weighted by Gasteiger charge is 2.17. The summed E-state index contributed by atoms with van der Waals surface area (Å²) in [6.45, 7) is 10.1. The van der Waals surface area contributed by atoms with Gasteiger partial charge >= 0.3 is 0 Å². The van der Waals surface area contributed by atoms with Gasteiger partial charge < -0.3 is 15.5 Å². The maximum Gasteiger partial charge on any atom is 0.225 e. The van der Waals surface area contributed by atoms with Crippen LogP contribution in [0.5, 0.6) is 0 Å². The first-order valence-corrected chi connectivity index (χ1v) is 11.5. The number of aliphatic imine (C=N–C) groups is 1. The number of thioether (sulfide) groups is 1. The predicted molar refractivity (Wildman–Crippen MR) is 132 cm³/mol. The van der Waals surface area contributed by atoms with Gasteiger partial charge in [0.25, 0.3) is 0 Å². The van der Waals surface area contributed by atoms with Crippen LogP contribution >= 0.6 is 35.7 Å². The number of guanidine groups is 1. The fourth-order valence-corrected chi connectivity index (χ4v) is 3.52. The Morgan fingerprint density at radius 1 is 1.11 bits per heavy atom. The van der Waals surface area contributed by atoms with Gasteiger partial charge in [-0.3, -0.25) is 9.89 Å². The van der Waals surface area contributed by atoms with Gasteiger partial charge in [-0.1, -0.05) is 0 Å². The lowest BCUT2D eigenvalue weighted by Crippen LogP contribution is -2.47. The number of rotatable bonds is 11. The van der Waals surface area contributed by atoms with Crippen LogP contribution in [0.25, 0.3) is 0 Å². The zero-order valence-electron chi connectivity index (χ0n) is 17.3. The molecule has 1 aromatic heterocycles. The Balaban J connectivity index is 0.00000392. The van der Waals surface area contributed by atoms with Crippen LogP contribution in [0.4, 0.5) is 5.95 Å². The van der Waals surface area contributed by atoms with E-state index in [1.165, 1.54) is 18.6 Å². The Bertz CT molecular complexity index is 524. The van der Waals surface area contributed by atoms with Crippen molar-refractivity contribution in [1.82, 2.24) is 25.5 Å². The molecule has 0 amide bonds. The Hall–Kier alpha value is -0.810. The Morgan fingerprint density at radius 2 is 1.86 bits per heavy atom. The second-order valence-electron chi connectivity index (χ2n) is 6.62. The van der Waals surface area contributed by atoms with E-state index in [0.29, 0.717) is 0 Å². The van der Waals surface area contributed by atoms with Crippen molar-refractivity contribution in [3.63, 3.8) is 0 Å². The zero-order chi connectivity index (χ0) is 19.2. The smallest absolute Gasteiger partial charge is 0.225 e. The Kier molecular flexibility index (Phi) is 14.4. The third-order valence-electron chi connectivity index (χ3n) is 4.52. The number of halogens is 1. The molecule has 0 aliphatic carbocycles. The van der Waals surface area contributed by atoms with Gasteiger partial charge in [-0.05, 0) is 44.3 Å². The van der Waals surface area contributed by atoms with E-state index < -0.39 is 0 Å². The Labute approximate surface area is 191 Å². The molecule has 0 unspecified atom stereocenters. The number of nitrogens with one attached hydrogen (secondary N) is 2. The van der Waals surface area contributed by atoms with E-state index in [4.69, 9.17) is 4.99 Å². The highest BCUT2D eigenvalue weighted by atomic mass is 127. The van der Waals surface area contributed by atoms with Crippen LogP contribution in [-0.2, 0) is 0 Å². The van der Waals surface area contributed by atoms with Crippen molar-refractivity contribution in [3.05, 3.63) is 18.5 Å². The van der Waals surface area contributed by atoms with Gasteiger partial charge in [-0.2, -0.15) is 11.8 Å². The lowest BCUT2D eigenvalue weighted by molar-refractivity contribution is 0.255. The molecule has 2 rings (SSSR count). The molecule has 0 atom stereocenters. The topological polar surface area (TPSA) is 68.7 Å². The zero-order valence-corrected chi connectivity index (χ0v) is 20.4. The summed E-state index contributed by atoms with van der Waals surface area (Å²) in [7, 11) is 0. The third-order valence-corrected chi connectivity index (χ3v) is 5.22. The van der Waals surface area contributed by atoms with Crippen molar-refractivity contribution >= 4 is 47.6 Å². The largest absolute Gasteiger partial charge is 0.357 e. The molecule has 160 valence electrons. The van der Waals surface area contributed by atoms with Gasteiger partial charge in [0.15, 0.2) is 5.96 Å². The fraction of sp³-hybridized carbons (Fsp3) is 0.737. The molecule has 1 aliphatic rings. The molecule has 0 radical (unpaired) electrons. The molecule has 0 spiro atoms. The SMILES string of the molecule is CCNC(=NCCCN1CCN(c2ncccn2)CC1)NCCCCSC.I. The standard InChI is InChI=1S/C19H35N7S.HI/c1-3-20-18(21-8-4-5-17-27-2)22-11-7-12-25-13-15-26(16-14-25)19-23-9-6-10-24-19;/h6,9-10H,3-5,7-8,11-17H2,1-2H3,(H2,20,21,22);1H. The number of unbranched alkanes of at least 4 members (excludes halogenated alkanes) is 1. The highest BCUT2D eigenvalue weighted by Crippen LogP contribution is 2.09. The van der Waals surface area contributed by atoms with E-state index in [0.717, 1.165) is 70.7 Å². The third kappa shape index (κ3) is 10.1. The van der Waals surface area contributed by atoms with E-state index in [-0.39, 0.29) is 24.0 Å². The van der Waals surface area contributed by atoms with Crippen molar-refractivity contribution in [2.75, 3.05) is 69.3 Å². The van der Waals surface area contributed by atoms with Crippen LogP contribution in [0, 0.1) is 0 Å². The second kappa shape index (κ2) is 16.0. The summed E-state index contributed by atoms with van der Waals surface area (Å²) in [6, 6.07) is 1.86. The van der Waals surface area contributed by atoms with Crippen LogP contribution in [0.2, 0.25) is 0 Å². The van der Waals surface area contributed by atoms with Crippen LogP contribution in [0.1, 0.15) is 26.2 Å². The minimum absolute atomic E-state index is 0. The molecule has 7 nitrogen and oxygen atoms in total. The van der Waals surface area contributed by atoms with E-state index in [1.807, 2.05) is 30.2 Å². The lowest BCUT2D eigenvalue weighted by atomic mass is 10.3. The minimum atomic E-state index is 0. The first-order chi connectivity index (χ1) is 13.3. The molecule has 0 saturated carbocycles. The van der Waals surface area contributed by atoms with E-state index in [9.17, 15) is 0 Å². The first kappa shape index (κ1) is 25.2. The summed E-state index contributed by atoms with van der Waals surface area (Å²) in [6.07, 6.45) is 9.32. The predicted octanol–water partition coefficient (Wildman–Crippen LogP) is 2.31. The van der Waals surface area contributed by atoms with Gasteiger partial charge in [0, 0.05) is 64.8 Å². The molecule has 1 fully saturated rings. The van der Waals surface area contributed by atoms with Crippen LogP contribution < -0.4 is 15.5 Å². The van der Waals surface area contributed by atoms with Gasteiger partial charge in [0.2, 0.25) is 5.95 Å². The normalized spacial score (nSPS) is 15.2. The average Bonchev–Trinajstić information content (AvgIpc) is 2.72. The van der Waals surface area contributed by atoms with Crippen molar-refractivity contribution in [2.24, 2.45) is 4.99 Å². The van der Waals surface area contributed by atoms with E-state index in [1.54, 1.807) is 0 Å². The van der Waals surface area contributed by atoms with Gasteiger partial charge in [0.05, 0.1) is 0 Å². The summed E-state index contributed by atoms with van der Waals surface area (Å²) in [5, 5.41) is 6.77. The molecule has 0 aromatic carbocycles. The molecule has 9 heteroatoms. The number of hydrogen-bond acceptors (Lipinski definition) is 6. The second-order valence-corrected chi connectivity index (χ2v) is 7.60. The molecule has 2 heterocycles. The maximum atomic E-state index is 4.71. The van der Waals surface area contributed by atoms with Crippen molar-refractivity contribution in [2.45, 2.75) is 26.2 Å². The molecule has 2 N–H and O–H groups in total. The summed E-state index contributed by atoms with van der Waals surface area (Å²) in [5.74, 6) is 3.03. The summed E-state index contributed by atoms with van der Waals surface area (Å²) >= 11 is 1.91. The minimum Gasteiger partial charge on any atom is -0.357 e. The maximum absolute atomic E-state index is 4.71. The molecular weight excluding hydrogens is 485 g/mol. The average molecular weight is 522 g/mol. The number of anilines is 1. The molecule has 0 bridgehead atoms. The fourth-order valence-electron chi connectivity index (χ4n) is 3.03. The van der Waals surface area contributed by atoms with E-state index in [2.05, 4.69) is 43.6 Å². The number of nitrogens with zero attached hydrogens (tertiary/aromatic N) is 5. The van der Waals surface area contributed by atoms with Crippen molar-refractivity contribution < 1.29 is 0 Å². The molecule has 1 aliphatic heterocycles. The van der Waals surface area contributed by atoms with E-state index >= 15 is 0 Å². The Morgan fingerprint density at radius 3 is 2.54 bits per heavy atom. The number of hydrogen-bond donors (Lipinski definition) is 2. The van der Waals surface area contributed by atoms with Crippen molar-refractivity contribution in [3.8, 4) is 0 Å². The van der Waals surface area contributed by atoms with Gasteiger partial charge in [0.1, 0.15) is 0 Å². The first-order valence-electron chi connectivity index (χ1n) is 10.1. The summed E-state index contributed by atoms with van der Waals surface area (Å²) in [4.78, 5) is 18.2. The molecule has 1 aromatic rings.